The third-order valence-corrected chi connectivity index (χ3v) is 7.03. The van der Waals surface area contributed by atoms with E-state index in [1.807, 2.05) is 6.07 Å². The van der Waals surface area contributed by atoms with Crippen LogP contribution in [0, 0.1) is 11.8 Å². The van der Waals surface area contributed by atoms with Crippen LogP contribution >= 0.6 is 0 Å². The number of rotatable bonds is 7. The van der Waals surface area contributed by atoms with Crippen LogP contribution in [-0.4, -0.2) is 58.9 Å². The van der Waals surface area contributed by atoms with Crippen molar-refractivity contribution in [2.24, 2.45) is 11.8 Å². The van der Waals surface area contributed by atoms with Crippen molar-refractivity contribution < 1.29 is 24.1 Å². The van der Waals surface area contributed by atoms with Gasteiger partial charge < -0.3 is 24.6 Å². The van der Waals surface area contributed by atoms with E-state index in [0.717, 1.165) is 50.6 Å². The number of benzene rings is 1. The summed E-state index contributed by atoms with van der Waals surface area (Å²) in [4.78, 5) is 15.5. The predicted octanol–water partition coefficient (Wildman–Crippen LogP) is -0.0719. The van der Waals surface area contributed by atoms with Crippen molar-refractivity contribution in [1.29, 1.82) is 0 Å². The molecule has 3 atom stereocenters. The maximum atomic E-state index is 12.6. The van der Waals surface area contributed by atoms with Crippen LogP contribution in [0.4, 0.5) is 0 Å². The fraction of sp³-hybridized carbons (Fsp3) is 0.696. The van der Waals surface area contributed by atoms with Crippen LogP contribution in [0.1, 0.15) is 38.7 Å². The number of carbonyl (C=O) groups is 1. The minimum absolute atomic E-state index is 0.231. The first-order chi connectivity index (χ1) is 14.0. The Labute approximate surface area is 175 Å². The minimum atomic E-state index is 0.231. The second-order valence-corrected chi connectivity index (χ2v) is 8.98. The van der Waals surface area contributed by atoms with E-state index >= 15 is 0 Å². The number of carbonyl (C=O) groups excluding carboxylic acids is 1. The molecule has 0 aromatic heterocycles. The molecule has 0 unspecified atom stereocenters. The monoisotopic (exact) mass is 405 g/mol. The minimum Gasteiger partial charge on any atom is -0.493 e. The first-order valence-electron chi connectivity index (χ1n) is 11.2. The Hall–Kier alpha value is -1.79. The van der Waals surface area contributed by atoms with Crippen molar-refractivity contribution in [3.05, 3.63) is 23.8 Å². The summed E-state index contributed by atoms with van der Waals surface area (Å²) in [5, 5.41) is 3.33. The van der Waals surface area contributed by atoms with E-state index in [4.69, 9.17) is 9.47 Å². The summed E-state index contributed by atoms with van der Waals surface area (Å²) in [5.74, 6) is 3.09. The molecule has 162 valence electrons. The average molecular weight is 406 g/mol. The second-order valence-electron chi connectivity index (χ2n) is 8.98. The molecule has 6 nitrogen and oxygen atoms in total. The van der Waals surface area contributed by atoms with Gasteiger partial charge in [0.05, 0.1) is 14.2 Å². The molecule has 1 saturated heterocycles. The molecule has 1 heterocycles. The molecule has 1 aromatic carbocycles. The van der Waals surface area contributed by atoms with Gasteiger partial charge in [0, 0.05) is 11.6 Å². The lowest BCUT2D eigenvalue weighted by atomic mass is 9.78. The zero-order valence-corrected chi connectivity index (χ0v) is 18.6. The van der Waals surface area contributed by atoms with Crippen LogP contribution in [0.2, 0.25) is 0 Å². The molecule has 0 radical (unpaired) electrons. The molecule has 1 aliphatic heterocycles. The number of hydrogen-bond acceptors (Lipinski definition) is 3. The maximum Gasteiger partial charge on any atom is 0.275 e. The molecule has 1 amide bonds. The van der Waals surface area contributed by atoms with E-state index in [-0.39, 0.29) is 5.91 Å². The lowest BCUT2D eigenvalue weighted by Gasteiger charge is -2.35. The first-order valence-corrected chi connectivity index (χ1v) is 11.2. The fourth-order valence-electron chi connectivity index (χ4n) is 4.86. The van der Waals surface area contributed by atoms with Gasteiger partial charge in [-0.2, -0.15) is 0 Å². The van der Waals surface area contributed by atoms with Crippen LogP contribution in [0.3, 0.4) is 0 Å². The van der Waals surface area contributed by atoms with E-state index in [1.165, 1.54) is 23.3 Å². The van der Waals surface area contributed by atoms with Gasteiger partial charge in [-0.3, -0.25) is 4.79 Å². The van der Waals surface area contributed by atoms with Crippen LogP contribution in [0.15, 0.2) is 18.2 Å². The maximum absolute atomic E-state index is 12.6. The lowest BCUT2D eigenvalue weighted by molar-refractivity contribution is -1.02. The molecule has 6 heteroatoms. The number of piperazine rings is 1. The van der Waals surface area contributed by atoms with Crippen LogP contribution in [-0.2, 0) is 11.3 Å². The Bertz CT molecular complexity index is 673. The molecule has 1 aliphatic carbocycles. The van der Waals surface area contributed by atoms with Gasteiger partial charge in [-0.15, -0.1) is 0 Å². The van der Waals surface area contributed by atoms with E-state index in [1.54, 1.807) is 19.1 Å². The zero-order valence-electron chi connectivity index (χ0n) is 18.6. The van der Waals surface area contributed by atoms with Crippen LogP contribution < -0.4 is 24.6 Å². The summed E-state index contributed by atoms with van der Waals surface area (Å²) in [6, 6.07) is 6.53. The van der Waals surface area contributed by atoms with E-state index in [0.29, 0.717) is 24.4 Å². The molecule has 3 rings (SSSR count). The van der Waals surface area contributed by atoms with Gasteiger partial charge in [-0.05, 0) is 36.5 Å². The van der Waals surface area contributed by atoms with Crippen molar-refractivity contribution in [3.63, 3.8) is 0 Å². The van der Waals surface area contributed by atoms with Gasteiger partial charge in [-0.25, -0.2) is 0 Å². The highest BCUT2D eigenvalue weighted by molar-refractivity contribution is 5.77. The molecule has 2 aliphatic rings. The summed E-state index contributed by atoms with van der Waals surface area (Å²) in [6.45, 7) is 10.5. The third-order valence-electron chi connectivity index (χ3n) is 7.03. The summed E-state index contributed by atoms with van der Waals surface area (Å²) >= 11 is 0. The Balaban J connectivity index is 1.43. The number of amides is 1. The zero-order chi connectivity index (χ0) is 20.8. The van der Waals surface area contributed by atoms with E-state index < -0.39 is 0 Å². The molecule has 3 N–H and O–H groups in total. The summed E-state index contributed by atoms with van der Waals surface area (Å²) in [6.07, 6.45) is 3.67. The van der Waals surface area contributed by atoms with Gasteiger partial charge >= 0.3 is 0 Å². The largest absolute Gasteiger partial charge is 0.493 e. The molecule has 29 heavy (non-hydrogen) atoms. The highest BCUT2D eigenvalue weighted by atomic mass is 16.5. The van der Waals surface area contributed by atoms with Crippen LogP contribution in [0.25, 0.3) is 0 Å². The number of hydrogen-bond donors (Lipinski definition) is 3. The predicted molar refractivity (Wildman–Crippen MR) is 114 cm³/mol. The Kier molecular flexibility index (Phi) is 7.78. The van der Waals surface area contributed by atoms with Gasteiger partial charge in [0.1, 0.15) is 32.7 Å². The first kappa shape index (κ1) is 21.9. The molecule has 1 aromatic rings. The Morgan fingerprint density at radius 1 is 1.03 bits per heavy atom. The lowest BCUT2D eigenvalue weighted by Crippen LogP contribution is -3.28. The quantitative estimate of drug-likeness (QED) is 0.595. The van der Waals surface area contributed by atoms with Crippen molar-refractivity contribution in [2.75, 3.05) is 46.9 Å². The number of nitrogens with one attached hydrogen (secondary N) is 3. The molecular weight excluding hydrogens is 366 g/mol. The topological polar surface area (TPSA) is 56.4 Å². The summed E-state index contributed by atoms with van der Waals surface area (Å²) in [5.41, 5.74) is 1.26. The van der Waals surface area contributed by atoms with Gasteiger partial charge in [-0.1, -0.05) is 26.7 Å². The van der Waals surface area contributed by atoms with Gasteiger partial charge in [0.15, 0.2) is 18.0 Å². The molecule has 0 spiro atoms. The highest BCUT2D eigenvalue weighted by Crippen LogP contribution is 2.29. The van der Waals surface area contributed by atoms with E-state index in [9.17, 15) is 4.79 Å². The van der Waals surface area contributed by atoms with Crippen molar-refractivity contribution in [3.8, 4) is 11.5 Å². The Morgan fingerprint density at radius 3 is 2.41 bits per heavy atom. The van der Waals surface area contributed by atoms with Gasteiger partial charge in [0.2, 0.25) is 0 Å². The number of quaternary nitrogens is 2. The normalized spacial score (nSPS) is 29.9. The smallest absolute Gasteiger partial charge is 0.275 e. The number of methoxy groups -OCH3 is 2. The third kappa shape index (κ3) is 5.86. The highest BCUT2D eigenvalue weighted by Gasteiger charge is 2.30. The van der Waals surface area contributed by atoms with Crippen LogP contribution in [0.5, 0.6) is 11.5 Å². The Morgan fingerprint density at radius 2 is 1.72 bits per heavy atom. The van der Waals surface area contributed by atoms with Crippen molar-refractivity contribution in [2.45, 2.75) is 45.7 Å². The molecule has 1 saturated carbocycles. The summed E-state index contributed by atoms with van der Waals surface area (Å²) < 4.78 is 10.7. The summed E-state index contributed by atoms with van der Waals surface area (Å²) in [7, 11) is 3.34. The van der Waals surface area contributed by atoms with E-state index in [2.05, 4.69) is 31.3 Å². The molecule has 0 bridgehead atoms. The SMILES string of the molecule is COc1ccc(C[NH+]2CC[NH+](CC(=O)N[C@@H]3CCC[C@@H](C)[C@H]3C)CC2)cc1OC. The molecular formula is C23H39N3O3+2. The fourth-order valence-corrected chi connectivity index (χ4v) is 4.86. The standard InChI is InChI=1S/C23H37N3O3/c1-17-6-5-7-20(18(17)2)24-23(27)16-26-12-10-25(11-13-26)15-19-8-9-21(28-3)22(14-19)29-4/h8-9,14,17-18,20H,5-7,10-13,15-16H2,1-4H3,(H,24,27)/p+2/t17-,18-,20-/m1/s1. The molecule has 2 fully saturated rings. The number of ether oxygens (including phenoxy) is 2. The van der Waals surface area contributed by atoms with Gasteiger partial charge in [0.25, 0.3) is 5.91 Å². The second kappa shape index (κ2) is 10.3. The average Bonchev–Trinajstić information content (AvgIpc) is 2.72. The van der Waals surface area contributed by atoms with Crippen molar-refractivity contribution in [1.82, 2.24) is 5.32 Å². The van der Waals surface area contributed by atoms with Crippen molar-refractivity contribution >= 4 is 5.91 Å².